The Kier molecular flexibility index (Phi) is 9.85. The van der Waals surface area contributed by atoms with Crippen molar-refractivity contribution in [3.63, 3.8) is 0 Å². The fraction of sp³-hybridized carbons (Fsp3) is 0.240. The first kappa shape index (κ1) is 26.3. The third-order valence-corrected chi connectivity index (χ3v) is 5.65. The zero-order chi connectivity index (χ0) is 21.6. The third-order valence-electron chi connectivity index (χ3n) is 5.65. The standard InChI is InChI=1S/C25H26N4O2.2ClH/c26-22(16-24(30)29-23-7-3-5-17-4-1-2-6-21(17)23)18-8-10-19(11-9-18)25(31)28-20-12-14-27-15-13-20;;/h1-2,4,6,8-15,22-23H,3,5,7,16,26H2,(H,29,30)(H,27,28,31);2*1H/t22-,23-;;/m1../s1. The number of anilines is 1. The van der Waals surface area contributed by atoms with Gasteiger partial charge < -0.3 is 16.4 Å². The van der Waals surface area contributed by atoms with Gasteiger partial charge in [-0.1, -0.05) is 36.4 Å². The second-order valence-corrected chi connectivity index (χ2v) is 7.83. The Morgan fingerprint density at radius 1 is 1.00 bits per heavy atom. The molecular formula is C25H28Cl2N4O2. The van der Waals surface area contributed by atoms with Gasteiger partial charge in [0, 0.05) is 36.1 Å². The Hall–Kier alpha value is -2.93. The lowest BCUT2D eigenvalue weighted by Gasteiger charge is -2.27. The molecule has 2 aromatic carbocycles. The van der Waals surface area contributed by atoms with Gasteiger partial charge in [0.15, 0.2) is 0 Å². The van der Waals surface area contributed by atoms with Gasteiger partial charge >= 0.3 is 0 Å². The van der Waals surface area contributed by atoms with Crippen molar-refractivity contribution in [2.45, 2.75) is 37.8 Å². The molecule has 1 aliphatic carbocycles. The van der Waals surface area contributed by atoms with E-state index in [9.17, 15) is 9.59 Å². The molecule has 6 nitrogen and oxygen atoms in total. The van der Waals surface area contributed by atoms with Gasteiger partial charge in [-0.3, -0.25) is 14.6 Å². The van der Waals surface area contributed by atoms with Gasteiger partial charge in [-0.2, -0.15) is 0 Å². The maximum Gasteiger partial charge on any atom is 0.255 e. The molecule has 4 rings (SSSR count). The molecule has 0 unspecified atom stereocenters. The Labute approximate surface area is 206 Å². The molecule has 174 valence electrons. The summed E-state index contributed by atoms with van der Waals surface area (Å²) in [5.41, 5.74) is 10.8. The number of benzene rings is 2. The fourth-order valence-corrected chi connectivity index (χ4v) is 3.99. The van der Waals surface area contributed by atoms with Crippen molar-refractivity contribution < 1.29 is 9.59 Å². The number of nitrogens with two attached hydrogens (primary N) is 1. The Morgan fingerprint density at radius 2 is 1.70 bits per heavy atom. The van der Waals surface area contributed by atoms with Gasteiger partial charge in [-0.25, -0.2) is 0 Å². The van der Waals surface area contributed by atoms with Crippen molar-refractivity contribution in [3.8, 4) is 0 Å². The zero-order valence-corrected chi connectivity index (χ0v) is 19.7. The number of hydrogen-bond donors (Lipinski definition) is 3. The molecule has 33 heavy (non-hydrogen) atoms. The van der Waals surface area contributed by atoms with Crippen molar-refractivity contribution >= 4 is 42.3 Å². The van der Waals surface area contributed by atoms with Crippen LogP contribution in [0.1, 0.15) is 58.4 Å². The molecule has 0 spiro atoms. The van der Waals surface area contributed by atoms with E-state index in [1.165, 1.54) is 11.1 Å². The van der Waals surface area contributed by atoms with Gasteiger partial charge in [0.25, 0.3) is 5.91 Å². The summed E-state index contributed by atoms with van der Waals surface area (Å²) in [5, 5.41) is 5.96. The molecule has 0 radical (unpaired) electrons. The maximum absolute atomic E-state index is 12.6. The second-order valence-electron chi connectivity index (χ2n) is 7.83. The smallest absolute Gasteiger partial charge is 0.255 e. The molecule has 0 bridgehead atoms. The van der Waals surface area contributed by atoms with E-state index in [1.54, 1.807) is 48.8 Å². The number of carbonyl (C=O) groups excluding carboxylic acids is 2. The minimum atomic E-state index is -0.434. The number of rotatable bonds is 6. The minimum Gasteiger partial charge on any atom is -0.349 e. The molecule has 0 fully saturated rings. The Bertz CT molecular complexity index is 1060. The van der Waals surface area contributed by atoms with Crippen LogP contribution in [0, 0.1) is 0 Å². The van der Waals surface area contributed by atoms with Gasteiger partial charge in [-0.15, -0.1) is 24.8 Å². The van der Waals surface area contributed by atoms with Crippen molar-refractivity contribution in [3.05, 3.63) is 95.3 Å². The van der Waals surface area contributed by atoms with E-state index in [1.807, 2.05) is 12.1 Å². The number of nitrogens with zero attached hydrogens (tertiary/aromatic N) is 1. The van der Waals surface area contributed by atoms with Crippen LogP contribution in [0.25, 0.3) is 0 Å². The van der Waals surface area contributed by atoms with E-state index in [4.69, 9.17) is 5.73 Å². The molecular weight excluding hydrogens is 459 g/mol. The van der Waals surface area contributed by atoms with Crippen LogP contribution in [0.15, 0.2) is 73.1 Å². The van der Waals surface area contributed by atoms with Crippen LogP contribution in [0.5, 0.6) is 0 Å². The number of hydrogen-bond acceptors (Lipinski definition) is 4. The molecule has 1 aromatic heterocycles. The molecule has 4 N–H and O–H groups in total. The van der Waals surface area contributed by atoms with E-state index >= 15 is 0 Å². The first-order valence-electron chi connectivity index (χ1n) is 10.5. The molecule has 3 aromatic rings. The lowest BCUT2D eigenvalue weighted by atomic mass is 9.87. The predicted molar refractivity (Wildman–Crippen MR) is 135 cm³/mol. The summed E-state index contributed by atoms with van der Waals surface area (Å²) in [6, 6.07) is 18.4. The number of nitrogens with one attached hydrogen (secondary N) is 2. The van der Waals surface area contributed by atoms with Crippen molar-refractivity contribution in [1.82, 2.24) is 10.3 Å². The second kappa shape index (κ2) is 12.3. The predicted octanol–water partition coefficient (Wildman–Crippen LogP) is 4.76. The van der Waals surface area contributed by atoms with Gasteiger partial charge in [0.05, 0.1) is 6.04 Å². The monoisotopic (exact) mass is 486 g/mol. The largest absolute Gasteiger partial charge is 0.349 e. The summed E-state index contributed by atoms with van der Waals surface area (Å²) in [6.45, 7) is 0. The minimum absolute atomic E-state index is 0. The molecule has 2 atom stereocenters. The fourth-order valence-electron chi connectivity index (χ4n) is 3.99. The highest BCUT2D eigenvalue weighted by atomic mass is 35.5. The van der Waals surface area contributed by atoms with Crippen LogP contribution in [-0.2, 0) is 11.2 Å². The molecule has 8 heteroatoms. The zero-order valence-electron chi connectivity index (χ0n) is 18.1. The summed E-state index contributed by atoms with van der Waals surface area (Å²) in [5.74, 6) is -0.270. The number of fused-ring (bicyclic) bond motifs is 1. The van der Waals surface area contributed by atoms with Crippen LogP contribution in [0.3, 0.4) is 0 Å². The summed E-state index contributed by atoms with van der Waals surface area (Å²) >= 11 is 0. The highest BCUT2D eigenvalue weighted by Gasteiger charge is 2.22. The first-order valence-corrected chi connectivity index (χ1v) is 10.5. The van der Waals surface area contributed by atoms with E-state index in [2.05, 4.69) is 27.8 Å². The molecule has 0 saturated carbocycles. The summed E-state index contributed by atoms with van der Waals surface area (Å²) in [6.07, 6.45) is 6.50. The Morgan fingerprint density at radius 3 is 2.42 bits per heavy atom. The molecule has 0 aliphatic heterocycles. The third kappa shape index (κ3) is 6.78. The number of aromatic nitrogens is 1. The Balaban J connectivity index is 0.00000193. The molecule has 0 saturated heterocycles. The van der Waals surface area contributed by atoms with Crippen LogP contribution in [-0.4, -0.2) is 16.8 Å². The van der Waals surface area contributed by atoms with Crippen LogP contribution < -0.4 is 16.4 Å². The van der Waals surface area contributed by atoms with Crippen molar-refractivity contribution in [1.29, 1.82) is 0 Å². The summed E-state index contributed by atoms with van der Waals surface area (Å²) in [7, 11) is 0. The highest BCUT2D eigenvalue weighted by molar-refractivity contribution is 6.04. The van der Waals surface area contributed by atoms with Crippen LogP contribution in [0.4, 0.5) is 5.69 Å². The summed E-state index contributed by atoms with van der Waals surface area (Å²) in [4.78, 5) is 28.9. The normalized spacial score (nSPS) is 15.1. The lowest BCUT2D eigenvalue weighted by molar-refractivity contribution is -0.122. The van der Waals surface area contributed by atoms with Crippen LogP contribution >= 0.6 is 24.8 Å². The average Bonchev–Trinajstić information content (AvgIpc) is 2.80. The molecule has 1 aliphatic rings. The number of carbonyl (C=O) groups is 2. The molecule has 1 heterocycles. The number of amides is 2. The first-order chi connectivity index (χ1) is 15.1. The quantitative estimate of drug-likeness (QED) is 0.467. The van der Waals surface area contributed by atoms with E-state index in [-0.39, 0.29) is 49.1 Å². The SMILES string of the molecule is Cl.Cl.N[C@H](CC(=O)N[C@@H]1CCCc2ccccc21)c1ccc(C(=O)Nc2ccncc2)cc1. The number of aryl methyl sites for hydroxylation is 1. The van der Waals surface area contributed by atoms with E-state index in [0.717, 1.165) is 24.8 Å². The van der Waals surface area contributed by atoms with Crippen molar-refractivity contribution in [2.24, 2.45) is 5.73 Å². The van der Waals surface area contributed by atoms with E-state index < -0.39 is 6.04 Å². The number of pyridine rings is 1. The molecule has 2 amide bonds. The highest BCUT2D eigenvalue weighted by Crippen LogP contribution is 2.29. The van der Waals surface area contributed by atoms with E-state index in [0.29, 0.717) is 11.3 Å². The average molecular weight is 487 g/mol. The van der Waals surface area contributed by atoms with Gasteiger partial charge in [0.2, 0.25) is 5.91 Å². The number of halogens is 2. The van der Waals surface area contributed by atoms with Gasteiger partial charge in [-0.05, 0) is 60.2 Å². The van der Waals surface area contributed by atoms with Crippen LogP contribution in [0.2, 0.25) is 0 Å². The maximum atomic E-state index is 12.6. The topological polar surface area (TPSA) is 97.1 Å². The summed E-state index contributed by atoms with van der Waals surface area (Å²) < 4.78 is 0. The van der Waals surface area contributed by atoms with Gasteiger partial charge in [0.1, 0.15) is 0 Å². The van der Waals surface area contributed by atoms with Crippen molar-refractivity contribution in [2.75, 3.05) is 5.32 Å². The lowest BCUT2D eigenvalue weighted by Crippen LogP contribution is -2.33.